The molecule has 4 heavy (non-hydrogen) atoms. The maximum atomic E-state index is 3.23. The minimum atomic E-state index is -0.604. The van der Waals surface area contributed by atoms with Crippen LogP contribution in [0.25, 0.3) is 0 Å². The predicted molar refractivity (Wildman–Crippen MR) is 26.8 cm³/mol. The number of hydrogen-bond acceptors (Lipinski definition) is 0. The van der Waals surface area contributed by atoms with Gasteiger partial charge in [-0.25, -0.2) is 0 Å². The molecule has 0 heterocycles. The van der Waals surface area contributed by atoms with Gasteiger partial charge in [-0.3, -0.25) is 0 Å². The molecule has 0 aliphatic carbocycles. The molecule has 0 N–H and O–H groups in total. The predicted octanol–water partition coefficient (Wildman–Crippen LogP) is 2.53. The van der Waals surface area contributed by atoms with E-state index in [0.717, 1.165) is 0 Å². The van der Waals surface area contributed by atoms with Crippen LogP contribution in [0.3, 0.4) is 0 Å². The summed E-state index contributed by atoms with van der Waals surface area (Å²) in [6.45, 7) is 0. The topological polar surface area (TPSA) is 0 Å². The fraction of sp³-hybridized carbons (Fsp3) is 0. The standard InChI is InChI=1S/3BrH.Cr/h3*1H;/q;;;+3/p-3. The number of halogens is 3. The molecule has 0 radical (unpaired) electrons. The van der Waals surface area contributed by atoms with Crippen molar-refractivity contribution in [3.8, 4) is 0 Å². The van der Waals surface area contributed by atoms with Gasteiger partial charge in [0.1, 0.15) is 0 Å². The summed E-state index contributed by atoms with van der Waals surface area (Å²) in [4.78, 5) is 0. The summed E-state index contributed by atoms with van der Waals surface area (Å²) in [6, 6.07) is 0. The molecular weight excluding hydrogens is 292 g/mol. The third-order valence-electron chi connectivity index (χ3n) is 0. The van der Waals surface area contributed by atoms with Crippen LogP contribution in [0.2, 0.25) is 0 Å². The summed E-state index contributed by atoms with van der Waals surface area (Å²) in [6.07, 6.45) is 0. The molecule has 27 valence electrons. The molecule has 0 saturated heterocycles. The second-order valence-corrected chi connectivity index (χ2v) is 19.5. The van der Waals surface area contributed by atoms with Gasteiger partial charge in [0.25, 0.3) is 0 Å². The summed E-state index contributed by atoms with van der Waals surface area (Å²) >= 11 is 9.69. The van der Waals surface area contributed by atoms with Crippen LogP contribution in [0.15, 0.2) is 0 Å². The number of rotatable bonds is 0. The van der Waals surface area contributed by atoms with Gasteiger partial charge in [0.2, 0.25) is 0 Å². The molecular formula is Br3Cr. The molecule has 0 spiro atoms. The Hall–Kier alpha value is 1.97. The second-order valence-electron chi connectivity index (χ2n) is 0.175. The summed E-state index contributed by atoms with van der Waals surface area (Å²) in [5.41, 5.74) is 0. The van der Waals surface area contributed by atoms with Crippen LogP contribution < -0.4 is 0 Å². The Kier molecular flexibility index (Phi) is 4.74. The van der Waals surface area contributed by atoms with Crippen LogP contribution in [0.5, 0.6) is 0 Å². The Labute approximate surface area is 50.3 Å². The fourth-order valence-electron chi connectivity index (χ4n) is 0. The zero-order valence-corrected chi connectivity index (χ0v) is 7.58. The van der Waals surface area contributed by atoms with Crippen molar-refractivity contribution in [1.82, 2.24) is 0 Å². The van der Waals surface area contributed by atoms with E-state index in [2.05, 4.69) is 42.2 Å². The summed E-state index contributed by atoms with van der Waals surface area (Å²) in [5.74, 6) is 0. The molecule has 0 atom stereocenters. The van der Waals surface area contributed by atoms with Crippen molar-refractivity contribution in [3.63, 3.8) is 0 Å². The van der Waals surface area contributed by atoms with E-state index in [9.17, 15) is 0 Å². The first-order chi connectivity index (χ1) is 1.73. The van der Waals surface area contributed by atoms with Gasteiger partial charge in [0, 0.05) is 0 Å². The van der Waals surface area contributed by atoms with Gasteiger partial charge in [0.15, 0.2) is 0 Å². The van der Waals surface area contributed by atoms with Crippen molar-refractivity contribution >= 4 is 42.2 Å². The van der Waals surface area contributed by atoms with Gasteiger partial charge in [-0.2, -0.15) is 0 Å². The van der Waals surface area contributed by atoms with Gasteiger partial charge >= 0.3 is 50.8 Å². The molecule has 0 aromatic heterocycles. The molecule has 0 saturated carbocycles. The molecule has 0 amide bonds. The molecule has 0 aliphatic rings. The number of hydrogen-bond donors (Lipinski definition) is 0. The van der Waals surface area contributed by atoms with E-state index < -0.39 is 8.67 Å². The Morgan fingerprint density at radius 2 is 1.00 bits per heavy atom. The van der Waals surface area contributed by atoms with Gasteiger partial charge in [-0.15, -0.1) is 0 Å². The first kappa shape index (κ1) is 5.97. The molecule has 0 nitrogen and oxygen atoms in total. The quantitative estimate of drug-likeness (QED) is 0.643. The van der Waals surface area contributed by atoms with Gasteiger partial charge in [-0.1, -0.05) is 0 Å². The van der Waals surface area contributed by atoms with E-state index in [1.165, 1.54) is 0 Å². The SMILES string of the molecule is [Br][Cr]([Br])[Br]. The van der Waals surface area contributed by atoms with E-state index in [1.54, 1.807) is 0 Å². The Morgan fingerprint density at radius 1 is 1.00 bits per heavy atom. The molecule has 4 heteroatoms. The Bertz CT molecular complexity index is 8.00. The van der Waals surface area contributed by atoms with Crippen LogP contribution in [0, 0.1) is 0 Å². The van der Waals surface area contributed by atoms with E-state index >= 15 is 0 Å². The van der Waals surface area contributed by atoms with E-state index in [0.29, 0.717) is 0 Å². The van der Waals surface area contributed by atoms with Crippen molar-refractivity contribution in [2.45, 2.75) is 0 Å². The molecule has 0 unspecified atom stereocenters. The zero-order chi connectivity index (χ0) is 3.58. The second kappa shape index (κ2) is 3.17. The van der Waals surface area contributed by atoms with Crippen LogP contribution in [-0.4, -0.2) is 0 Å². The van der Waals surface area contributed by atoms with Gasteiger partial charge < -0.3 is 0 Å². The van der Waals surface area contributed by atoms with Crippen LogP contribution in [0.1, 0.15) is 0 Å². The minimum absolute atomic E-state index is 0.604. The molecule has 0 aromatic carbocycles. The Balaban J connectivity index is 2.32. The third-order valence-corrected chi connectivity index (χ3v) is 0. The Morgan fingerprint density at radius 3 is 1.00 bits per heavy atom. The molecule has 0 aromatic rings. The third kappa shape index (κ3) is 9.02. The van der Waals surface area contributed by atoms with E-state index in [4.69, 9.17) is 0 Å². The van der Waals surface area contributed by atoms with Crippen molar-refractivity contribution in [1.29, 1.82) is 0 Å². The maximum absolute atomic E-state index is 3.23. The van der Waals surface area contributed by atoms with Crippen LogP contribution in [-0.2, 0) is 8.67 Å². The normalized spacial score (nSPS) is 9.00. The van der Waals surface area contributed by atoms with Crippen molar-refractivity contribution in [2.24, 2.45) is 0 Å². The van der Waals surface area contributed by atoms with Crippen molar-refractivity contribution in [3.05, 3.63) is 0 Å². The average Bonchev–Trinajstić information content (AvgIpc) is 0.811. The van der Waals surface area contributed by atoms with Gasteiger partial charge in [-0.05, 0) is 0 Å². The van der Waals surface area contributed by atoms with Gasteiger partial charge in [0.05, 0.1) is 0 Å². The zero-order valence-electron chi connectivity index (χ0n) is 1.54. The van der Waals surface area contributed by atoms with E-state index in [-0.39, 0.29) is 0 Å². The summed E-state index contributed by atoms with van der Waals surface area (Å²) in [5, 5.41) is 0. The summed E-state index contributed by atoms with van der Waals surface area (Å²) < 4.78 is 0. The fourth-order valence-corrected chi connectivity index (χ4v) is 0. The molecule has 0 fully saturated rings. The van der Waals surface area contributed by atoms with Crippen molar-refractivity contribution < 1.29 is 8.67 Å². The molecule has 0 bridgehead atoms. The monoisotopic (exact) mass is 289 g/mol. The summed E-state index contributed by atoms with van der Waals surface area (Å²) in [7, 11) is -0.604. The van der Waals surface area contributed by atoms with Crippen LogP contribution >= 0.6 is 42.2 Å². The van der Waals surface area contributed by atoms with Crippen molar-refractivity contribution in [2.75, 3.05) is 0 Å². The first-order valence-electron chi connectivity index (χ1n) is 0.463. The van der Waals surface area contributed by atoms with Crippen LogP contribution in [0.4, 0.5) is 0 Å². The molecule has 0 rings (SSSR count). The first-order valence-corrected chi connectivity index (χ1v) is 9.92. The molecule has 0 aliphatic heterocycles. The van der Waals surface area contributed by atoms with E-state index in [1.807, 2.05) is 0 Å². The average molecular weight is 292 g/mol.